The Labute approximate surface area is 205 Å². The molecule has 1 amide bonds. The Bertz CT molecular complexity index is 1270. The number of hydrogen-bond donors (Lipinski definition) is 1. The van der Waals surface area contributed by atoms with E-state index in [2.05, 4.69) is 4.72 Å². The van der Waals surface area contributed by atoms with Crippen LogP contribution in [0.15, 0.2) is 71.6 Å². The number of sulfonamides is 1. The molecule has 1 saturated heterocycles. The van der Waals surface area contributed by atoms with Crippen molar-refractivity contribution in [2.75, 3.05) is 35.8 Å². The highest BCUT2D eigenvalue weighted by atomic mass is 35.5. The molecule has 34 heavy (non-hydrogen) atoms. The van der Waals surface area contributed by atoms with Crippen LogP contribution in [-0.2, 0) is 10.0 Å². The zero-order chi connectivity index (χ0) is 23.6. The van der Waals surface area contributed by atoms with Gasteiger partial charge in [0.1, 0.15) is 5.82 Å². The fourth-order valence-electron chi connectivity index (χ4n) is 3.86. The van der Waals surface area contributed by atoms with Gasteiger partial charge in [0, 0.05) is 37.4 Å². The van der Waals surface area contributed by atoms with Gasteiger partial charge in [-0.3, -0.25) is 9.52 Å². The van der Waals surface area contributed by atoms with Gasteiger partial charge in [-0.2, -0.15) is 0 Å². The van der Waals surface area contributed by atoms with Crippen molar-refractivity contribution in [3.63, 3.8) is 0 Å². The molecule has 0 aromatic heterocycles. The first kappa shape index (κ1) is 25.5. The molecule has 1 fully saturated rings. The highest BCUT2D eigenvalue weighted by molar-refractivity contribution is 7.92. The summed E-state index contributed by atoms with van der Waals surface area (Å²) in [5.74, 6) is -0.514. The van der Waals surface area contributed by atoms with Crippen LogP contribution >= 0.6 is 12.4 Å². The van der Waals surface area contributed by atoms with E-state index in [-0.39, 0.29) is 29.0 Å². The first-order chi connectivity index (χ1) is 15.7. The van der Waals surface area contributed by atoms with E-state index >= 15 is 0 Å². The minimum Gasteiger partial charge on any atom is -0.366 e. The molecule has 9 heteroatoms. The predicted octanol–water partition coefficient (Wildman–Crippen LogP) is 4.63. The van der Waals surface area contributed by atoms with Gasteiger partial charge in [-0.05, 0) is 55.8 Å². The number of nitrogens with one attached hydrogen (secondary N) is 1. The molecule has 1 aliphatic heterocycles. The van der Waals surface area contributed by atoms with E-state index in [1.807, 2.05) is 24.0 Å². The number of carbonyl (C=O) groups excluding carboxylic acids is 1. The van der Waals surface area contributed by atoms with Gasteiger partial charge in [0.05, 0.1) is 10.6 Å². The molecule has 0 spiro atoms. The molecule has 0 unspecified atom stereocenters. The molecule has 1 aliphatic rings. The van der Waals surface area contributed by atoms with Crippen molar-refractivity contribution in [1.82, 2.24) is 4.90 Å². The van der Waals surface area contributed by atoms with Gasteiger partial charge >= 0.3 is 0 Å². The standard InChI is InChI=1S/C25H26FN3O3S.ClH/c1-18-7-10-20(11-8-18)27-33(31,32)21-12-9-19(2)22(17-21)25(30)29-15-13-28(14-16-29)24-6-4-3-5-23(24)26;/h3-12,17,27H,13-16H2,1-2H3;1H. The van der Waals surface area contributed by atoms with E-state index in [4.69, 9.17) is 0 Å². The number of hydrogen-bond acceptors (Lipinski definition) is 4. The number of rotatable bonds is 5. The Hall–Kier alpha value is -3.10. The number of nitrogens with zero attached hydrogens (tertiary/aromatic N) is 2. The summed E-state index contributed by atoms with van der Waals surface area (Å²) in [4.78, 5) is 16.9. The molecule has 4 rings (SSSR count). The summed E-state index contributed by atoms with van der Waals surface area (Å²) in [6, 6.07) is 18.2. The normalized spacial score (nSPS) is 13.9. The smallest absolute Gasteiger partial charge is 0.261 e. The number of carbonyl (C=O) groups is 1. The van der Waals surface area contributed by atoms with E-state index < -0.39 is 10.0 Å². The van der Waals surface area contributed by atoms with Crippen LogP contribution in [0.2, 0.25) is 0 Å². The van der Waals surface area contributed by atoms with Crippen molar-refractivity contribution in [2.24, 2.45) is 0 Å². The van der Waals surface area contributed by atoms with Crippen LogP contribution in [-0.4, -0.2) is 45.4 Å². The summed E-state index contributed by atoms with van der Waals surface area (Å²) in [6.07, 6.45) is 0. The van der Waals surface area contributed by atoms with Crippen molar-refractivity contribution in [1.29, 1.82) is 0 Å². The summed E-state index contributed by atoms with van der Waals surface area (Å²) in [5, 5.41) is 0. The number of aryl methyl sites for hydroxylation is 2. The zero-order valence-corrected chi connectivity index (χ0v) is 20.6. The van der Waals surface area contributed by atoms with E-state index in [9.17, 15) is 17.6 Å². The molecule has 1 N–H and O–H groups in total. The Morgan fingerprint density at radius 1 is 0.912 bits per heavy atom. The van der Waals surface area contributed by atoms with Crippen LogP contribution in [0.5, 0.6) is 0 Å². The lowest BCUT2D eigenvalue weighted by Crippen LogP contribution is -2.49. The van der Waals surface area contributed by atoms with Crippen LogP contribution in [0.1, 0.15) is 21.5 Å². The number of anilines is 2. The molecule has 0 saturated carbocycles. The minimum absolute atomic E-state index is 0. The first-order valence-electron chi connectivity index (χ1n) is 10.7. The molecule has 3 aromatic carbocycles. The third kappa shape index (κ3) is 5.51. The van der Waals surface area contributed by atoms with Gasteiger partial charge in [0.15, 0.2) is 0 Å². The molecule has 1 heterocycles. The maximum Gasteiger partial charge on any atom is 0.261 e. The highest BCUT2D eigenvalue weighted by Gasteiger charge is 2.26. The molecule has 0 bridgehead atoms. The second-order valence-electron chi connectivity index (χ2n) is 8.18. The van der Waals surface area contributed by atoms with Crippen LogP contribution in [0, 0.1) is 19.7 Å². The van der Waals surface area contributed by atoms with Crippen molar-refractivity contribution in [3.05, 3.63) is 89.2 Å². The molecule has 0 radical (unpaired) electrons. The fraction of sp³-hybridized carbons (Fsp3) is 0.240. The molecule has 0 aliphatic carbocycles. The Balaban J connectivity index is 0.00000324. The van der Waals surface area contributed by atoms with Crippen LogP contribution in [0.3, 0.4) is 0 Å². The van der Waals surface area contributed by atoms with Crippen LogP contribution in [0.25, 0.3) is 0 Å². The second kappa shape index (κ2) is 10.4. The lowest BCUT2D eigenvalue weighted by atomic mass is 10.1. The maximum absolute atomic E-state index is 14.1. The van der Waals surface area contributed by atoms with Crippen molar-refractivity contribution < 1.29 is 17.6 Å². The first-order valence-corrected chi connectivity index (χ1v) is 12.2. The SMILES string of the molecule is Cc1ccc(NS(=O)(=O)c2ccc(C)c(C(=O)N3CCN(c4ccccc4F)CC3)c2)cc1.Cl. The monoisotopic (exact) mass is 503 g/mol. The summed E-state index contributed by atoms with van der Waals surface area (Å²) in [5.41, 5.74) is 3.05. The highest BCUT2D eigenvalue weighted by Crippen LogP contribution is 2.23. The van der Waals surface area contributed by atoms with Crippen molar-refractivity contribution in [2.45, 2.75) is 18.7 Å². The zero-order valence-electron chi connectivity index (χ0n) is 19.0. The average Bonchev–Trinajstić information content (AvgIpc) is 2.81. The maximum atomic E-state index is 14.1. The van der Waals surface area contributed by atoms with Crippen LogP contribution < -0.4 is 9.62 Å². The van der Waals surface area contributed by atoms with Crippen molar-refractivity contribution >= 4 is 39.7 Å². The number of amides is 1. The third-order valence-electron chi connectivity index (χ3n) is 5.81. The average molecular weight is 504 g/mol. The summed E-state index contributed by atoms with van der Waals surface area (Å²) in [7, 11) is -3.85. The van der Waals surface area contributed by atoms with Gasteiger partial charge in [-0.25, -0.2) is 12.8 Å². The number of benzene rings is 3. The van der Waals surface area contributed by atoms with E-state index in [1.165, 1.54) is 18.2 Å². The van der Waals surface area contributed by atoms with E-state index in [1.54, 1.807) is 48.2 Å². The molecule has 6 nitrogen and oxygen atoms in total. The summed E-state index contributed by atoms with van der Waals surface area (Å²) >= 11 is 0. The largest absolute Gasteiger partial charge is 0.366 e. The molecular weight excluding hydrogens is 477 g/mol. The lowest BCUT2D eigenvalue weighted by molar-refractivity contribution is 0.0745. The molecule has 0 atom stereocenters. The quantitative estimate of drug-likeness (QED) is 0.551. The third-order valence-corrected chi connectivity index (χ3v) is 7.19. The minimum atomic E-state index is -3.85. The molecule has 180 valence electrons. The summed E-state index contributed by atoms with van der Waals surface area (Å²) < 4.78 is 42.5. The van der Waals surface area contributed by atoms with E-state index in [0.717, 1.165) is 5.56 Å². The van der Waals surface area contributed by atoms with Gasteiger partial charge in [0.25, 0.3) is 15.9 Å². The Morgan fingerprint density at radius 3 is 2.21 bits per heavy atom. The second-order valence-corrected chi connectivity index (χ2v) is 9.86. The van der Waals surface area contributed by atoms with Gasteiger partial charge in [-0.1, -0.05) is 35.9 Å². The van der Waals surface area contributed by atoms with Gasteiger partial charge in [0.2, 0.25) is 0 Å². The van der Waals surface area contributed by atoms with Gasteiger partial charge in [-0.15, -0.1) is 12.4 Å². The number of halogens is 2. The Morgan fingerprint density at radius 2 is 1.56 bits per heavy atom. The topological polar surface area (TPSA) is 69.7 Å². The predicted molar refractivity (Wildman–Crippen MR) is 135 cm³/mol. The molecule has 3 aromatic rings. The summed E-state index contributed by atoms with van der Waals surface area (Å²) in [6.45, 7) is 5.55. The number of para-hydroxylation sites is 1. The molecular formula is C25H27ClFN3O3S. The van der Waals surface area contributed by atoms with Crippen molar-refractivity contribution in [3.8, 4) is 0 Å². The van der Waals surface area contributed by atoms with Crippen LogP contribution in [0.4, 0.5) is 15.8 Å². The van der Waals surface area contributed by atoms with Gasteiger partial charge < -0.3 is 9.80 Å². The number of piperazine rings is 1. The Kier molecular flexibility index (Phi) is 7.84. The van der Waals surface area contributed by atoms with E-state index in [0.29, 0.717) is 48.7 Å². The lowest BCUT2D eigenvalue weighted by Gasteiger charge is -2.36. The fourth-order valence-corrected chi connectivity index (χ4v) is 4.95.